The summed E-state index contributed by atoms with van der Waals surface area (Å²) in [6.45, 7) is 8.15. The van der Waals surface area contributed by atoms with E-state index in [9.17, 15) is 8.42 Å². The van der Waals surface area contributed by atoms with Crippen LogP contribution in [0.2, 0.25) is 0 Å². The molecule has 0 saturated carbocycles. The molecule has 7 heteroatoms. The molecule has 1 heterocycles. The van der Waals surface area contributed by atoms with Crippen LogP contribution in [0.4, 0.5) is 5.82 Å². The largest absolute Gasteiger partial charge is 0.370 e. The van der Waals surface area contributed by atoms with Crippen LogP contribution in [-0.4, -0.2) is 51.0 Å². The van der Waals surface area contributed by atoms with Gasteiger partial charge in [-0.3, -0.25) is 0 Å². The quantitative estimate of drug-likeness (QED) is 0.676. The highest BCUT2D eigenvalue weighted by Gasteiger charge is 2.14. The third-order valence-corrected chi connectivity index (χ3v) is 4.72. The third-order valence-electron chi connectivity index (χ3n) is 3.26. The van der Waals surface area contributed by atoms with E-state index in [1.807, 2.05) is 14.0 Å². The number of hydrogen-bond donors (Lipinski definition) is 2. The fourth-order valence-corrected chi connectivity index (χ4v) is 2.82. The van der Waals surface area contributed by atoms with E-state index < -0.39 is 10.0 Å². The van der Waals surface area contributed by atoms with Crippen LogP contribution in [0.25, 0.3) is 0 Å². The van der Waals surface area contributed by atoms with Crippen molar-refractivity contribution in [2.24, 2.45) is 0 Å². The Kier molecular flexibility index (Phi) is 7.07. The van der Waals surface area contributed by atoms with Crippen molar-refractivity contribution < 1.29 is 8.42 Å². The van der Waals surface area contributed by atoms with Gasteiger partial charge in [-0.15, -0.1) is 0 Å². The second-order valence-corrected chi connectivity index (χ2v) is 7.00. The number of nitrogens with zero attached hydrogens (tertiary/aromatic N) is 2. The molecule has 0 aliphatic carbocycles. The highest BCUT2D eigenvalue weighted by Crippen LogP contribution is 2.12. The number of sulfonamides is 1. The number of rotatable bonds is 9. The van der Waals surface area contributed by atoms with Crippen molar-refractivity contribution >= 4 is 15.8 Å². The monoisotopic (exact) mass is 314 g/mol. The van der Waals surface area contributed by atoms with E-state index in [4.69, 9.17) is 0 Å². The summed E-state index contributed by atoms with van der Waals surface area (Å²) < 4.78 is 27.0. The summed E-state index contributed by atoms with van der Waals surface area (Å²) in [4.78, 5) is 6.50. The summed E-state index contributed by atoms with van der Waals surface area (Å²) in [6, 6.07) is 3.51. The molecule has 21 heavy (non-hydrogen) atoms. The van der Waals surface area contributed by atoms with Gasteiger partial charge in [0.25, 0.3) is 0 Å². The van der Waals surface area contributed by atoms with E-state index in [0.29, 0.717) is 24.9 Å². The molecule has 0 bridgehead atoms. The van der Waals surface area contributed by atoms with Crippen molar-refractivity contribution in [3.63, 3.8) is 0 Å². The Morgan fingerprint density at radius 2 is 2.10 bits per heavy atom. The van der Waals surface area contributed by atoms with Crippen LogP contribution in [0.1, 0.15) is 27.2 Å². The Labute approximate surface area is 128 Å². The van der Waals surface area contributed by atoms with Gasteiger partial charge in [0.1, 0.15) is 5.82 Å². The predicted octanol–water partition coefficient (Wildman–Crippen LogP) is 1.52. The molecular weight excluding hydrogens is 288 g/mol. The molecule has 0 atom stereocenters. The van der Waals surface area contributed by atoms with Crippen LogP contribution in [0, 0.1) is 0 Å². The van der Waals surface area contributed by atoms with Gasteiger partial charge in [0.15, 0.2) is 0 Å². The fraction of sp³-hybridized carbons (Fsp3) is 0.643. The summed E-state index contributed by atoms with van der Waals surface area (Å²) in [5.74, 6) is 0.569. The summed E-state index contributed by atoms with van der Waals surface area (Å²) >= 11 is 0. The Morgan fingerprint density at radius 3 is 2.71 bits per heavy atom. The molecule has 0 fully saturated rings. The second kappa shape index (κ2) is 8.31. The maximum atomic E-state index is 12.2. The fourth-order valence-electron chi connectivity index (χ4n) is 1.73. The summed E-state index contributed by atoms with van der Waals surface area (Å²) in [6.07, 6.45) is 2.28. The molecule has 0 aliphatic heterocycles. The van der Waals surface area contributed by atoms with Crippen molar-refractivity contribution in [1.29, 1.82) is 0 Å². The molecule has 2 N–H and O–H groups in total. The molecule has 1 aromatic rings. The lowest BCUT2D eigenvalue weighted by Gasteiger charge is -2.20. The normalized spacial score (nSPS) is 12.1. The molecular formula is C14H26N4O2S. The number of aromatic nitrogens is 1. The highest BCUT2D eigenvalue weighted by atomic mass is 32.2. The van der Waals surface area contributed by atoms with Crippen molar-refractivity contribution in [1.82, 2.24) is 14.6 Å². The lowest BCUT2D eigenvalue weighted by molar-refractivity contribution is 0.271. The predicted molar refractivity (Wildman–Crippen MR) is 86.0 cm³/mol. The van der Waals surface area contributed by atoms with Crippen LogP contribution in [0.15, 0.2) is 23.2 Å². The van der Waals surface area contributed by atoms with Crippen LogP contribution in [0.5, 0.6) is 0 Å². The first-order valence-electron chi connectivity index (χ1n) is 7.26. The van der Waals surface area contributed by atoms with Crippen molar-refractivity contribution in [3.05, 3.63) is 18.3 Å². The van der Waals surface area contributed by atoms with Gasteiger partial charge in [-0.05, 0) is 46.9 Å². The van der Waals surface area contributed by atoms with Gasteiger partial charge in [0, 0.05) is 31.4 Å². The number of anilines is 1. The van der Waals surface area contributed by atoms with Crippen molar-refractivity contribution in [2.75, 3.05) is 32.0 Å². The van der Waals surface area contributed by atoms with Crippen molar-refractivity contribution in [2.45, 2.75) is 38.1 Å². The lowest BCUT2D eigenvalue weighted by atomic mass is 10.3. The Balaban J connectivity index is 2.55. The maximum Gasteiger partial charge on any atom is 0.240 e. The zero-order chi connectivity index (χ0) is 15.9. The first kappa shape index (κ1) is 17.9. The molecule has 1 rings (SSSR count). The lowest BCUT2D eigenvalue weighted by Crippen LogP contribution is -2.31. The van der Waals surface area contributed by atoms with Gasteiger partial charge in [0.05, 0.1) is 4.90 Å². The standard InChI is InChI=1S/C14H26N4O2S/c1-5-15-14-11-13(7-9-16-14)21(19,20)17-8-6-10-18(4)12(2)3/h7,9,11-12,17H,5-6,8,10H2,1-4H3,(H,15,16). The van der Waals surface area contributed by atoms with E-state index in [2.05, 4.69) is 33.8 Å². The first-order valence-corrected chi connectivity index (χ1v) is 8.75. The third kappa shape index (κ3) is 5.99. The zero-order valence-corrected chi connectivity index (χ0v) is 14.1. The van der Waals surface area contributed by atoms with Crippen molar-refractivity contribution in [3.8, 4) is 0 Å². The molecule has 0 saturated heterocycles. The minimum absolute atomic E-state index is 0.241. The van der Waals surface area contributed by atoms with Gasteiger partial charge in [-0.1, -0.05) is 0 Å². The van der Waals surface area contributed by atoms with E-state index in [0.717, 1.165) is 13.0 Å². The molecule has 6 nitrogen and oxygen atoms in total. The zero-order valence-electron chi connectivity index (χ0n) is 13.3. The molecule has 0 aliphatic rings. The minimum Gasteiger partial charge on any atom is -0.370 e. The Bertz CT molecular complexity index is 532. The van der Waals surface area contributed by atoms with Crippen LogP contribution >= 0.6 is 0 Å². The Morgan fingerprint density at radius 1 is 1.38 bits per heavy atom. The topological polar surface area (TPSA) is 74.3 Å². The Hall–Kier alpha value is -1.18. The smallest absolute Gasteiger partial charge is 0.240 e. The molecule has 0 aromatic carbocycles. The summed E-state index contributed by atoms with van der Waals surface area (Å²) in [7, 11) is -1.44. The molecule has 0 spiro atoms. The highest BCUT2D eigenvalue weighted by molar-refractivity contribution is 7.89. The van der Waals surface area contributed by atoms with Gasteiger partial charge in [-0.25, -0.2) is 18.1 Å². The van der Waals surface area contributed by atoms with E-state index in [-0.39, 0.29) is 4.90 Å². The van der Waals surface area contributed by atoms with E-state index in [1.165, 1.54) is 12.3 Å². The minimum atomic E-state index is -3.47. The number of hydrogen-bond acceptors (Lipinski definition) is 5. The average Bonchev–Trinajstić information content (AvgIpc) is 2.44. The molecule has 120 valence electrons. The van der Waals surface area contributed by atoms with Gasteiger partial charge in [-0.2, -0.15) is 0 Å². The average molecular weight is 314 g/mol. The first-order chi connectivity index (χ1) is 9.86. The molecule has 0 radical (unpaired) electrons. The van der Waals surface area contributed by atoms with Gasteiger partial charge < -0.3 is 10.2 Å². The summed E-state index contributed by atoms with van der Waals surface area (Å²) in [5.41, 5.74) is 0. The second-order valence-electron chi connectivity index (χ2n) is 5.23. The summed E-state index contributed by atoms with van der Waals surface area (Å²) in [5, 5.41) is 3.00. The molecule has 0 amide bonds. The van der Waals surface area contributed by atoms with Gasteiger partial charge >= 0.3 is 0 Å². The SMILES string of the molecule is CCNc1cc(S(=O)(=O)NCCCN(C)C(C)C)ccn1. The molecule has 1 aromatic heterocycles. The van der Waals surface area contributed by atoms with Crippen LogP contribution in [-0.2, 0) is 10.0 Å². The number of pyridine rings is 1. The van der Waals surface area contributed by atoms with Gasteiger partial charge in [0.2, 0.25) is 10.0 Å². The number of nitrogens with one attached hydrogen (secondary N) is 2. The van der Waals surface area contributed by atoms with E-state index in [1.54, 1.807) is 6.07 Å². The molecule has 0 unspecified atom stereocenters. The van der Waals surface area contributed by atoms with Crippen LogP contribution in [0.3, 0.4) is 0 Å². The van der Waals surface area contributed by atoms with Crippen LogP contribution < -0.4 is 10.0 Å². The van der Waals surface area contributed by atoms with E-state index >= 15 is 0 Å². The maximum absolute atomic E-state index is 12.2.